The van der Waals surface area contributed by atoms with E-state index in [0.29, 0.717) is 6.54 Å². The Balaban J connectivity index is 2.30. The molecule has 0 aromatic heterocycles. The highest BCUT2D eigenvalue weighted by Crippen LogP contribution is 2.24. The molecule has 3 atom stereocenters. The molecule has 5 heteroatoms. The van der Waals surface area contributed by atoms with Gasteiger partial charge in [-0.1, -0.05) is 6.42 Å². The maximum absolute atomic E-state index is 11.3. The maximum Gasteiger partial charge on any atom is 0.315 e. The first-order chi connectivity index (χ1) is 7.02. The van der Waals surface area contributed by atoms with Crippen molar-refractivity contribution in [2.45, 2.75) is 32.3 Å². The predicted molar refractivity (Wildman–Crippen MR) is 53.2 cm³/mol. The molecule has 0 radical (unpaired) electrons. The van der Waals surface area contributed by atoms with Crippen molar-refractivity contribution in [1.29, 1.82) is 0 Å². The van der Waals surface area contributed by atoms with E-state index < -0.39 is 17.8 Å². The number of hydrogen-bond acceptors (Lipinski definition) is 3. The van der Waals surface area contributed by atoms with Gasteiger partial charge in [-0.2, -0.15) is 0 Å². The SMILES string of the molecule is CC(C(=O)O)C(=O)NCC1CCCC1O. The van der Waals surface area contributed by atoms with Crippen molar-refractivity contribution in [2.75, 3.05) is 6.54 Å². The highest BCUT2D eigenvalue weighted by Gasteiger charge is 2.27. The highest BCUT2D eigenvalue weighted by atomic mass is 16.4. The molecule has 1 saturated carbocycles. The lowest BCUT2D eigenvalue weighted by Crippen LogP contribution is -2.38. The van der Waals surface area contributed by atoms with Crippen molar-refractivity contribution in [1.82, 2.24) is 5.32 Å². The van der Waals surface area contributed by atoms with E-state index in [9.17, 15) is 14.7 Å². The number of aliphatic hydroxyl groups is 1. The summed E-state index contributed by atoms with van der Waals surface area (Å²) in [6.45, 7) is 1.72. The highest BCUT2D eigenvalue weighted by molar-refractivity contribution is 5.96. The van der Waals surface area contributed by atoms with Gasteiger partial charge >= 0.3 is 5.97 Å². The van der Waals surface area contributed by atoms with Crippen LogP contribution in [-0.4, -0.2) is 34.7 Å². The molecule has 3 unspecified atom stereocenters. The molecule has 1 fully saturated rings. The Kier molecular flexibility index (Phi) is 4.08. The molecule has 86 valence electrons. The first kappa shape index (κ1) is 12.0. The summed E-state index contributed by atoms with van der Waals surface area (Å²) in [5.41, 5.74) is 0. The Morgan fingerprint density at radius 1 is 1.47 bits per heavy atom. The Morgan fingerprint density at radius 2 is 2.13 bits per heavy atom. The fourth-order valence-electron chi connectivity index (χ4n) is 1.75. The van der Waals surface area contributed by atoms with Crippen LogP contribution >= 0.6 is 0 Å². The first-order valence-electron chi connectivity index (χ1n) is 5.21. The number of rotatable bonds is 4. The van der Waals surface area contributed by atoms with Crippen LogP contribution in [0.2, 0.25) is 0 Å². The lowest BCUT2D eigenvalue weighted by molar-refractivity contribution is -0.146. The summed E-state index contributed by atoms with van der Waals surface area (Å²) in [6.07, 6.45) is 2.28. The summed E-state index contributed by atoms with van der Waals surface area (Å²) in [7, 11) is 0. The van der Waals surface area contributed by atoms with Gasteiger partial charge in [0.15, 0.2) is 0 Å². The van der Waals surface area contributed by atoms with Gasteiger partial charge in [-0.05, 0) is 19.8 Å². The van der Waals surface area contributed by atoms with Crippen LogP contribution in [0, 0.1) is 11.8 Å². The van der Waals surface area contributed by atoms with Crippen molar-refractivity contribution in [3.63, 3.8) is 0 Å². The van der Waals surface area contributed by atoms with Gasteiger partial charge in [-0.3, -0.25) is 9.59 Å². The molecule has 5 nitrogen and oxygen atoms in total. The molecule has 0 aliphatic heterocycles. The van der Waals surface area contributed by atoms with Crippen LogP contribution in [0.15, 0.2) is 0 Å². The number of carboxylic acids is 1. The molecule has 1 aliphatic rings. The first-order valence-corrected chi connectivity index (χ1v) is 5.21. The standard InChI is InChI=1S/C10H17NO4/c1-6(10(14)15)9(13)11-5-7-3-2-4-8(7)12/h6-8,12H,2-5H2,1H3,(H,11,13)(H,14,15). The molecule has 0 saturated heterocycles. The summed E-state index contributed by atoms with van der Waals surface area (Å²) >= 11 is 0. The van der Waals surface area contributed by atoms with Gasteiger partial charge in [-0.25, -0.2) is 0 Å². The number of aliphatic hydroxyl groups excluding tert-OH is 1. The van der Waals surface area contributed by atoms with Gasteiger partial charge in [0.2, 0.25) is 5.91 Å². The predicted octanol–water partition coefficient (Wildman–Crippen LogP) is -0.0157. The molecule has 0 spiro atoms. The van der Waals surface area contributed by atoms with E-state index in [1.165, 1.54) is 6.92 Å². The number of amides is 1. The molecule has 0 bridgehead atoms. The Labute approximate surface area is 88.5 Å². The number of carbonyl (C=O) groups excluding carboxylic acids is 1. The quantitative estimate of drug-likeness (QED) is 0.575. The Hall–Kier alpha value is -1.10. The van der Waals surface area contributed by atoms with Crippen LogP contribution in [0.3, 0.4) is 0 Å². The van der Waals surface area contributed by atoms with Crippen LogP contribution in [-0.2, 0) is 9.59 Å². The molecule has 0 heterocycles. The minimum atomic E-state index is -1.13. The molecule has 1 aliphatic carbocycles. The van der Waals surface area contributed by atoms with Crippen molar-refractivity contribution in [2.24, 2.45) is 11.8 Å². The van der Waals surface area contributed by atoms with Crippen LogP contribution in [0.5, 0.6) is 0 Å². The van der Waals surface area contributed by atoms with Gasteiger partial charge in [0, 0.05) is 12.5 Å². The van der Waals surface area contributed by atoms with E-state index in [2.05, 4.69) is 5.32 Å². The van der Waals surface area contributed by atoms with Crippen LogP contribution in [0.4, 0.5) is 0 Å². The van der Waals surface area contributed by atoms with Gasteiger partial charge in [0.25, 0.3) is 0 Å². The lowest BCUT2D eigenvalue weighted by Gasteiger charge is -2.16. The molecule has 15 heavy (non-hydrogen) atoms. The number of carbonyl (C=O) groups is 2. The third kappa shape index (κ3) is 3.20. The zero-order valence-corrected chi connectivity index (χ0v) is 8.77. The Morgan fingerprint density at radius 3 is 2.60 bits per heavy atom. The largest absolute Gasteiger partial charge is 0.481 e. The number of aliphatic carboxylic acids is 1. The number of carboxylic acid groups (broad SMARTS) is 1. The van der Waals surface area contributed by atoms with Gasteiger partial charge in [-0.15, -0.1) is 0 Å². The summed E-state index contributed by atoms with van der Waals surface area (Å²) in [6, 6.07) is 0. The average molecular weight is 215 g/mol. The molecule has 0 aromatic rings. The van der Waals surface area contributed by atoms with Gasteiger partial charge in [0.1, 0.15) is 5.92 Å². The number of nitrogens with one attached hydrogen (secondary N) is 1. The molecule has 3 N–H and O–H groups in total. The average Bonchev–Trinajstić information content (AvgIpc) is 2.59. The topological polar surface area (TPSA) is 86.6 Å². The van der Waals surface area contributed by atoms with Crippen LogP contribution < -0.4 is 5.32 Å². The van der Waals surface area contributed by atoms with E-state index in [0.717, 1.165) is 19.3 Å². The molecule has 1 amide bonds. The van der Waals surface area contributed by atoms with Crippen molar-refractivity contribution in [3.05, 3.63) is 0 Å². The zero-order valence-electron chi connectivity index (χ0n) is 8.77. The van der Waals surface area contributed by atoms with E-state index in [1.54, 1.807) is 0 Å². The second kappa shape index (κ2) is 5.11. The van der Waals surface area contributed by atoms with Crippen molar-refractivity contribution in [3.8, 4) is 0 Å². The second-order valence-corrected chi connectivity index (χ2v) is 4.06. The second-order valence-electron chi connectivity index (χ2n) is 4.06. The summed E-state index contributed by atoms with van der Waals surface area (Å²) in [5.74, 6) is -2.56. The normalized spacial score (nSPS) is 27.3. The smallest absolute Gasteiger partial charge is 0.315 e. The monoisotopic (exact) mass is 215 g/mol. The van der Waals surface area contributed by atoms with Gasteiger partial charge < -0.3 is 15.5 Å². The van der Waals surface area contributed by atoms with E-state index in [4.69, 9.17) is 5.11 Å². The molecule has 0 aromatic carbocycles. The minimum absolute atomic E-state index is 0.0787. The summed E-state index contributed by atoms with van der Waals surface area (Å²) < 4.78 is 0. The maximum atomic E-state index is 11.3. The fraction of sp³-hybridized carbons (Fsp3) is 0.800. The van der Waals surface area contributed by atoms with Crippen molar-refractivity contribution < 1.29 is 19.8 Å². The molecular formula is C10H17NO4. The van der Waals surface area contributed by atoms with Crippen LogP contribution in [0.1, 0.15) is 26.2 Å². The van der Waals surface area contributed by atoms with E-state index in [-0.39, 0.29) is 12.0 Å². The third-order valence-electron chi connectivity index (χ3n) is 2.92. The molecular weight excluding hydrogens is 198 g/mol. The lowest BCUT2D eigenvalue weighted by atomic mass is 10.1. The van der Waals surface area contributed by atoms with E-state index >= 15 is 0 Å². The minimum Gasteiger partial charge on any atom is -0.481 e. The third-order valence-corrected chi connectivity index (χ3v) is 2.92. The summed E-state index contributed by atoms with van der Waals surface area (Å²) in [4.78, 5) is 21.8. The fourth-order valence-corrected chi connectivity index (χ4v) is 1.75. The summed E-state index contributed by atoms with van der Waals surface area (Å²) in [5, 5.41) is 20.6. The number of hydrogen-bond donors (Lipinski definition) is 3. The van der Waals surface area contributed by atoms with Crippen LogP contribution in [0.25, 0.3) is 0 Å². The zero-order chi connectivity index (χ0) is 11.4. The Bertz CT molecular complexity index is 254. The van der Waals surface area contributed by atoms with Crippen molar-refractivity contribution >= 4 is 11.9 Å². The molecule has 1 rings (SSSR count). The van der Waals surface area contributed by atoms with Gasteiger partial charge in [0.05, 0.1) is 6.10 Å². The van der Waals surface area contributed by atoms with E-state index in [1.807, 2.05) is 0 Å².